The Morgan fingerprint density at radius 1 is 1.10 bits per heavy atom. The van der Waals surface area contributed by atoms with Crippen LogP contribution in [0.25, 0.3) is 0 Å². The molecule has 0 radical (unpaired) electrons. The van der Waals surface area contributed by atoms with Crippen molar-refractivity contribution in [2.24, 2.45) is 5.92 Å². The predicted molar refractivity (Wildman–Crippen MR) is 112 cm³/mol. The highest BCUT2D eigenvalue weighted by atomic mass is 32.2. The Bertz CT molecular complexity index is 914. The molecule has 7 nitrogen and oxygen atoms in total. The van der Waals surface area contributed by atoms with Crippen LogP contribution < -0.4 is 9.47 Å². The summed E-state index contributed by atoms with van der Waals surface area (Å²) in [6.07, 6.45) is 2.55. The molecule has 0 bridgehead atoms. The molecule has 2 heterocycles. The van der Waals surface area contributed by atoms with Crippen molar-refractivity contribution in [1.82, 2.24) is 14.1 Å². The van der Waals surface area contributed by atoms with E-state index in [-0.39, 0.29) is 0 Å². The molecule has 3 rings (SSSR count). The van der Waals surface area contributed by atoms with Crippen LogP contribution in [-0.4, -0.2) is 49.3 Å². The van der Waals surface area contributed by atoms with Gasteiger partial charge in [0.25, 0.3) is 0 Å². The van der Waals surface area contributed by atoms with Gasteiger partial charge in [-0.2, -0.15) is 9.40 Å². The summed E-state index contributed by atoms with van der Waals surface area (Å²) < 4.78 is 40.6. The molecule has 1 aromatic carbocycles. The first-order valence-corrected chi connectivity index (χ1v) is 11.6. The summed E-state index contributed by atoms with van der Waals surface area (Å²) in [4.78, 5) is 0.364. The number of sulfonamides is 1. The number of piperidine rings is 1. The first-order valence-electron chi connectivity index (χ1n) is 10.1. The van der Waals surface area contributed by atoms with Gasteiger partial charge in [0.1, 0.15) is 16.4 Å². The zero-order valence-electron chi connectivity index (χ0n) is 17.7. The fraction of sp³-hybridized carbons (Fsp3) is 0.571. The minimum absolute atomic E-state index is 0.364. The lowest BCUT2D eigenvalue weighted by Gasteiger charge is -2.29. The first-order chi connectivity index (χ1) is 13.8. The van der Waals surface area contributed by atoms with E-state index < -0.39 is 10.0 Å². The van der Waals surface area contributed by atoms with E-state index in [1.54, 1.807) is 23.0 Å². The van der Waals surface area contributed by atoms with Crippen LogP contribution in [0.15, 0.2) is 29.2 Å². The van der Waals surface area contributed by atoms with Gasteiger partial charge in [-0.15, -0.1) is 0 Å². The van der Waals surface area contributed by atoms with Crippen molar-refractivity contribution in [3.05, 3.63) is 35.7 Å². The molecule has 0 N–H and O–H groups in total. The van der Waals surface area contributed by atoms with Gasteiger partial charge in [0.2, 0.25) is 10.0 Å². The van der Waals surface area contributed by atoms with Gasteiger partial charge in [-0.3, -0.25) is 4.68 Å². The summed E-state index contributed by atoms with van der Waals surface area (Å²) in [5, 5.41) is 4.49. The summed E-state index contributed by atoms with van der Waals surface area (Å²) in [5.74, 6) is 2.15. The molecular weight excluding hydrogens is 390 g/mol. The molecule has 8 heteroatoms. The van der Waals surface area contributed by atoms with Crippen LogP contribution in [0.2, 0.25) is 0 Å². The van der Waals surface area contributed by atoms with Crippen LogP contribution in [0, 0.1) is 19.8 Å². The van der Waals surface area contributed by atoms with E-state index >= 15 is 0 Å². The second-order valence-electron chi connectivity index (χ2n) is 7.69. The van der Waals surface area contributed by atoms with Crippen LogP contribution in [0.3, 0.4) is 0 Å². The first kappa shape index (κ1) is 21.6. The molecule has 0 unspecified atom stereocenters. The third kappa shape index (κ3) is 4.93. The molecule has 1 aliphatic heterocycles. The van der Waals surface area contributed by atoms with Gasteiger partial charge >= 0.3 is 0 Å². The van der Waals surface area contributed by atoms with Crippen molar-refractivity contribution in [2.45, 2.75) is 51.5 Å². The highest BCUT2D eigenvalue weighted by Crippen LogP contribution is 2.27. The molecule has 0 amide bonds. The average Bonchev–Trinajstić information content (AvgIpc) is 3.00. The third-order valence-corrected chi connectivity index (χ3v) is 7.65. The molecule has 29 heavy (non-hydrogen) atoms. The number of nitrogens with zero attached hydrogens (tertiary/aromatic N) is 3. The Kier molecular flexibility index (Phi) is 6.85. The predicted octanol–water partition coefficient (Wildman–Crippen LogP) is 3.40. The maximum atomic E-state index is 13.2. The van der Waals surface area contributed by atoms with Crippen molar-refractivity contribution in [2.75, 3.05) is 26.8 Å². The smallest absolute Gasteiger partial charge is 0.246 e. The number of aryl methyl sites for hydroxylation is 2. The van der Waals surface area contributed by atoms with Crippen molar-refractivity contribution in [3.63, 3.8) is 0 Å². The Morgan fingerprint density at radius 3 is 2.34 bits per heavy atom. The molecule has 160 valence electrons. The van der Waals surface area contributed by atoms with Crippen molar-refractivity contribution < 1.29 is 17.9 Å². The molecule has 1 aliphatic rings. The Hall–Kier alpha value is -2.06. The fourth-order valence-corrected chi connectivity index (χ4v) is 5.54. The molecule has 0 atom stereocenters. The van der Waals surface area contributed by atoms with Gasteiger partial charge in [-0.25, -0.2) is 8.42 Å². The van der Waals surface area contributed by atoms with Crippen molar-refractivity contribution in [1.29, 1.82) is 0 Å². The van der Waals surface area contributed by atoms with Crippen molar-refractivity contribution in [3.8, 4) is 11.5 Å². The highest BCUT2D eigenvalue weighted by molar-refractivity contribution is 7.89. The van der Waals surface area contributed by atoms with Crippen LogP contribution in [-0.2, 0) is 16.6 Å². The van der Waals surface area contributed by atoms with E-state index in [9.17, 15) is 8.42 Å². The van der Waals surface area contributed by atoms with E-state index in [0.717, 1.165) is 30.8 Å². The number of hydrogen-bond acceptors (Lipinski definition) is 5. The number of ether oxygens (including phenoxy) is 2. The molecule has 0 aliphatic carbocycles. The summed E-state index contributed by atoms with van der Waals surface area (Å²) in [6, 6.07) is 7.45. The topological polar surface area (TPSA) is 73.7 Å². The lowest BCUT2D eigenvalue weighted by Crippen LogP contribution is -2.38. The molecule has 1 saturated heterocycles. The van der Waals surface area contributed by atoms with E-state index in [4.69, 9.17) is 9.47 Å². The number of benzene rings is 1. The number of methoxy groups -OCH3 is 1. The maximum Gasteiger partial charge on any atom is 0.246 e. The summed E-state index contributed by atoms with van der Waals surface area (Å²) >= 11 is 0. The van der Waals surface area contributed by atoms with E-state index in [1.807, 2.05) is 31.2 Å². The van der Waals surface area contributed by atoms with Crippen LogP contribution in [0.1, 0.15) is 37.6 Å². The van der Waals surface area contributed by atoms with Crippen LogP contribution in [0.5, 0.6) is 11.5 Å². The normalized spacial score (nSPS) is 16.1. The number of aromatic nitrogens is 2. The second kappa shape index (κ2) is 9.17. The quantitative estimate of drug-likeness (QED) is 0.611. The maximum absolute atomic E-state index is 13.2. The second-order valence-corrected chi connectivity index (χ2v) is 9.56. The van der Waals surface area contributed by atoms with Gasteiger partial charge in [0.05, 0.1) is 25.1 Å². The molecular formula is C21H31N3O4S. The van der Waals surface area contributed by atoms with E-state index in [0.29, 0.717) is 48.4 Å². The minimum Gasteiger partial charge on any atom is -0.497 e. The Morgan fingerprint density at radius 2 is 1.72 bits per heavy atom. The lowest BCUT2D eigenvalue weighted by atomic mass is 10.0. The van der Waals surface area contributed by atoms with Crippen LogP contribution >= 0.6 is 0 Å². The molecule has 1 fully saturated rings. The monoisotopic (exact) mass is 421 g/mol. The zero-order chi connectivity index (χ0) is 21.0. The average molecular weight is 422 g/mol. The van der Waals surface area contributed by atoms with Gasteiger partial charge in [-0.05, 0) is 56.9 Å². The number of rotatable bonds is 8. The fourth-order valence-electron chi connectivity index (χ4n) is 3.70. The summed E-state index contributed by atoms with van der Waals surface area (Å²) in [6.45, 7) is 8.09. The standard InChI is InChI=1S/C21H31N3O4S/c1-16-10-13-23(14-11-16)29(25,26)21-17(2)22-24(18(21)3)12-5-15-28-20-8-6-19(27-4)7-9-20/h6-9,16H,5,10-15H2,1-4H3. The summed E-state index contributed by atoms with van der Waals surface area (Å²) in [7, 11) is -1.87. The van der Waals surface area contributed by atoms with Gasteiger partial charge < -0.3 is 9.47 Å². The third-order valence-electron chi connectivity index (χ3n) is 5.50. The molecule has 0 saturated carbocycles. The molecule has 1 aromatic heterocycles. The highest BCUT2D eigenvalue weighted by Gasteiger charge is 2.32. The lowest BCUT2D eigenvalue weighted by molar-refractivity contribution is 0.287. The Balaban J connectivity index is 1.61. The van der Waals surface area contributed by atoms with Gasteiger partial charge in [0.15, 0.2) is 0 Å². The number of hydrogen-bond donors (Lipinski definition) is 0. The zero-order valence-corrected chi connectivity index (χ0v) is 18.5. The van der Waals surface area contributed by atoms with Crippen LogP contribution in [0.4, 0.5) is 0 Å². The largest absolute Gasteiger partial charge is 0.497 e. The van der Waals surface area contributed by atoms with Gasteiger partial charge in [0, 0.05) is 26.1 Å². The Labute approximate surface area is 173 Å². The van der Waals surface area contributed by atoms with E-state index in [1.165, 1.54) is 0 Å². The minimum atomic E-state index is -3.50. The molecule has 2 aromatic rings. The van der Waals surface area contributed by atoms with Crippen molar-refractivity contribution >= 4 is 10.0 Å². The van der Waals surface area contributed by atoms with Gasteiger partial charge in [-0.1, -0.05) is 6.92 Å². The molecule has 0 spiro atoms. The SMILES string of the molecule is COc1ccc(OCCCn2nc(C)c(S(=O)(=O)N3CCC(C)CC3)c2C)cc1. The summed E-state index contributed by atoms with van der Waals surface area (Å²) in [5.41, 5.74) is 1.27. The van der Waals surface area contributed by atoms with E-state index in [2.05, 4.69) is 12.0 Å².